The summed E-state index contributed by atoms with van der Waals surface area (Å²) < 4.78 is 11.2. The molecule has 1 saturated carbocycles. The second kappa shape index (κ2) is 9.17. The third kappa shape index (κ3) is 4.30. The number of urea groups is 1. The van der Waals surface area contributed by atoms with Crippen molar-refractivity contribution < 1.29 is 19.1 Å². The minimum Gasteiger partial charge on any atom is -0.379 e. The predicted molar refractivity (Wildman–Crippen MR) is 119 cm³/mol. The quantitative estimate of drug-likeness (QED) is 0.641. The van der Waals surface area contributed by atoms with Crippen LogP contribution in [0.15, 0.2) is 48.5 Å². The second-order valence-electron chi connectivity index (χ2n) is 7.88. The molecule has 4 unspecified atom stereocenters. The van der Waals surface area contributed by atoms with Crippen LogP contribution in [-0.2, 0) is 20.8 Å². The highest BCUT2D eigenvalue weighted by Crippen LogP contribution is 2.39. The first-order valence-corrected chi connectivity index (χ1v) is 10.9. The van der Waals surface area contributed by atoms with Gasteiger partial charge >= 0.3 is 6.03 Å². The van der Waals surface area contributed by atoms with Crippen LogP contribution in [0.25, 0.3) is 0 Å². The Bertz CT molecular complexity index is 968. The van der Waals surface area contributed by atoms with Crippen LogP contribution >= 0.6 is 23.2 Å². The number of ether oxygens (including phenoxy) is 2. The van der Waals surface area contributed by atoms with Crippen molar-refractivity contribution in [1.82, 2.24) is 4.90 Å². The largest absolute Gasteiger partial charge is 0.379 e. The van der Waals surface area contributed by atoms with Crippen LogP contribution in [-0.4, -0.2) is 49.3 Å². The topological polar surface area (TPSA) is 59.1 Å². The molecule has 31 heavy (non-hydrogen) atoms. The van der Waals surface area contributed by atoms with E-state index in [4.69, 9.17) is 32.7 Å². The Hall–Kier alpha value is -2.12. The number of halogens is 2. The van der Waals surface area contributed by atoms with Crippen LogP contribution in [0.3, 0.4) is 0 Å². The molecular weight excluding hydrogens is 439 g/mol. The number of carbonyl (C=O) groups is 2. The molecular formula is C23H24Cl2N2O4. The molecule has 1 heterocycles. The maximum absolute atomic E-state index is 13.6. The fraction of sp³-hybridized carbons (Fsp3) is 0.391. The number of methoxy groups -OCH3 is 2. The van der Waals surface area contributed by atoms with E-state index in [0.29, 0.717) is 35.1 Å². The van der Waals surface area contributed by atoms with Gasteiger partial charge in [0.05, 0.1) is 23.8 Å². The van der Waals surface area contributed by atoms with Gasteiger partial charge in [-0.15, -0.1) is 0 Å². The van der Waals surface area contributed by atoms with Gasteiger partial charge in [-0.25, -0.2) is 9.69 Å². The molecule has 2 aliphatic rings. The monoisotopic (exact) mass is 462 g/mol. The number of fused-ring (bicyclic) bond motifs is 1. The molecule has 1 aliphatic heterocycles. The van der Waals surface area contributed by atoms with Gasteiger partial charge in [-0.2, -0.15) is 0 Å². The van der Waals surface area contributed by atoms with Crippen LogP contribution in [0.4, 0.5) is 10.5 Å². The number of rotatable bonds is 5. The van der Waals surface area contributed by atoms with Gasteiger partial charge < -0.3 is 14.4 Å². The molecule has 4 rings (SSSR count). The smallest absolute Gasteiger partial charge is 0.331 e. The number of hydrogen-bond acceptors (Lipinski definition) is 4. The van der Waals surface area contributed by atoms with Crippen molar-refractivity contribution in [2.24, 2.45) is 5.92 Å². The van der Waals surface area contributed by atoms with Crippen molar-refractivity contribution in [3.63, 3.8) is 0 Å². The lowest BCUT2D eigenvalue weighted by Crippen LogP contribution is -2.65. The second-order valence-corrected chi connectivity index (χ2v) is 8.76. The Labute approximate surface area is 191 Å². The van der Waals surface area contributed by atoms with Gasteiger partial charge in [-0.1, -0.05) is 35.3 Å². The summed E-state index contributed by atoms with van der Waals surface area (Å²) in [6.07, 6.45) is 0.577. The molecule has 0 aromatic heterocycles. The Balaban J connectivity index is 1.73. The zero-order valence-electron chi connectivity index (χ0n) is 17.3. The van der Waals surface area contributed by atoms with Crippen molar-refractivity contribution in [1.29, 1.82) is 0 Å². The van der Waals surface area contributed by atoms with E-state index in [1.165, 1.54) is 4.90 Å². The van der Waals surface area contributed by atoms with Crippen molar-refractivity contribution in [3.8, 4) is 0 Å². The summed E-state index contributed by atoms with van der Waals surface area (Å²) in [6, 6.07) is 13.5. The molecule has 6 nitrogen and oxygen atoms in total. The van der Waals surface area contributed by atoms with Crippen LogP contribution in [0.1, 0.15) is 18.4 Å². The lowest BCUT2D eigenvalue weighted by molar-refractivity contribution is -0.137. The van der Waals surface area contributed by atoms with E-state index in [1.807, 2.05) is 18.2 Å². The summed E-state index contributed by atoms with van der Waals surface area (Å²) in [5.74, 6) is -0.625. The highest BCUT2D eigenvalue weighted by molar-refractivity contribution is 6.31. The van der Waals surface area contributed by atoms with E-state index in [0.717, 1.165) is 5.56 Å². The van der Waals surface area contributed by atoms with Crippen LogP contribution in [0.5, 0.6) is 0 Å². The average molecular weight is 463 g/mol. The van der Waals surface area contributed by atoms with Crippen molar-refractivity contribution in [3.05, 3.63) is 64.1 Å². The first-order chi connectivity index (χ1) is 14.9. The molecule has 0 radical (unpaired) electrons. The minimum absolute atomic E-state index is 0.198. The predicted octanol–water partition coefficient (Wildman–Crippen LogP) is 4.77. The molecule has 1 saturated heterocycles. The SMILES string of the molecule is COC1CC2C(=O)N(c3ccc(Cl)cc3)C(=O)N(Cc3cccc(Cl)c3)C2CC1OC. The van der Waals surface area contributed by atoms with E-state index in [2.05, 4.69) is 0 Å². The molecule has 0 N–H and O–H groups in total. The third-order valence-corrected chi connectivity index (χ3v) is 6.63. The molecule has 0 bridgehead atoms. The lowest BCUT2D eigenvalue weighted by atomic mass is 9.77. The van der Waals surface area contributed by atoms with E-state index < -0.39 is 5.92 Å². The molecule has 3 amide bonds. The van der Waals surface area contributed by atoms with E-state index in [1.54, 1.807) is 49.5 Å². The Morgan fingerprint density at radius 1 is 0.935 bits per heavy atom. The van der Waals surface area contributed by atoms with E-state index >= 15 is 0 Å². The zero-order chi connectivity index (χ0) is 22.1. The summed E-state index contributed by atoms with van der Waals surface area (Å²) in [7, 11) is 3.25. The molecule has 2 fully saturated rings. The summed E-state index contributed by atoms with van der Waals surface area (Å²) in [5, 5.41) is 1.14. The minimum atomic E-state index is -0.399. The molecule has 8 heteroatoms. The van der Waals surface area contributed by atoms with Crippen LogP contribution in [0, 0.1) is 5.92 Å². The third-order valence-electron chi connectivity index (χ3n) is 6.15. The summed E-state index contributed by atoms with van der Waals surface area (Å²) >= 11 is 12.2. The zero-order valence-corrected chi connectivity index (χ0v) is 18.8. The highest BCUT2D eigenvalue weighted by atomic mass is 35.5. The van der Waals surface area contributed by atoms with Crippen LogP contribution in [0.2, 0.25) is 10.0 Å². The fourth-order valence-corrected chi connectivity index (χ4v) is 4.93. The van der Waals surface area contributed by atoms with E-state index in [9.17, 15) is 9.59 Å². The molecule has 4 atom stereocenters. The molecule has 1 aliphatic carbocycles. The Kier molecular flexibility index (Phi) is 6.53. The number of anilines is 1. The fourth-order valence-electron chi connectivity index (χ4n) is 4.59. The van der Waals surface area contributed by atoms with Gasteiger partial charge in [-0.3, -0.25) is 4.79 Å². The molecule has 164 valence electrons. The summed E-state index contributed by atoms with van der Waals surface area (Å²) in [4.78, 5) is 30.1. The Morgan fingerprint density at radius 2 is 1.61 bits per heavy atom. The van der Waals surface area contributed by atoms with Gasteiger partial charge in [0, 0.05) is 36.9 Å². The summed E-state index contributed by atoms with van der Waals surface area (Å²) in [5.41, 5.74) is 1.39. The number of benzene rings is 2. The maximum Gasteiger partial charge on any atom is 0.331 e. The first-order valence-electron chi connectivity index (χ1n) is 10.1. The van der Waals surface area contributed by atoms with E-state index in [-0.39, 0.29) is 30.2 Å². The number of imide groups is 1. The van der Waals surface area contributed by atoms with Gasteiger partial charge in [-0.05, 0) is 54.8 Å². The summed E-state index contributed by atoms with van der Waals surface area (Å²) in [6.45, 7) is 0.339. The normalized spacial score (nSPS) is 26.2. The number of hydrogen-bond donors (Lipinski definition) is 0. The first kappa shape index (κ1) is 22.1. The average Bonchev–Trinajstić information content (AvgIpc) is 2.77. The number of carbonyl (C=O) groups excluding carboxylic acids is 2. The number of amides is 3. The van der Waals surface area contributed by atoms with Crippen molar-refractivity contribution in [2.45, 2.75) is 37.6 Å². The van der Waals surface area contributed by atoms with Crippen molar-refractivity contribution >= 4 is 40.8 Å². The highest BCUT2D eigenvalue weighted by Gasteiger charge is 2.52. The van der Waals surface area contributed by atoms with Gasteiger partial charge in [0.2, 0.25) is 5.91 Å². The van der Waals surface area contributed by atoms with Crippen LogP contribution < -0.4 is 4.90 Å². The Morgan fingerprint density at radius 3 is 2.26 bits per heavy atom. The van der Waals surface area contributed by atoms with Gasteiger partial charge in [0.25, 0.3) is 0 Å². The standard InChI is InChI=1S/C23H24Cl2N2O4/c1-30-20-11-18-19(12-21(20)31-2)26(13-14-4-3-5-16(25)10-14)23(29)27(22(18)28)17-8-6-15(24)7-9-17/h3-10,18-21H,11-13H2,1-2H3. The number of nitrogens with zero attached hydrogens (tertiary/aromatic N) is 2. The van der Waals surface area contributed by atoms with Gasteiger partial charge in [0.1, 0.15) is 0 Å². The van der Waals surface area contributed by atoms with Crippen molar-refractivity contribution in [2.75, 3.05) is 19.1 Å². The molecule has 2 aromatic rings. The maximum atomic E-state index is 13.6. The molecule has 0 spiro atoms. The molecule has 2 aromatic carbocycles. The lowest BCUT2D eigenvalue weighted by Gasteiger charge is -2.49. The van der Waals surface area contributed by atoms with Gasteiger partial charge in [0.15, 0.2) is 0 Å².